The van der Waals surface area contributed by atoms with Gasteiger partial charge in [-0.3, -0.25) is 10.1 Å². The molecule has 25 heavy (non-hydrogen) atoms. The van der Waals surface area contributed by atoms with E-state index >= 15 is 0 Å². The van der Waals surface area contributed by atoms with Gasteiger partial charge >= 0.3 is 0 Å². The number of aryl methyl sites for hydroxylation is 2. The van der Waals surface area contributed by atoms with Gasteiger partial charge in [0.2, 0.25) is 10.0 Å². The molecule has 0 aliphatic heterocycles. The molecule has 0 fully saturated rings. The zero-order valence-corrected chi connectivity index (χ0v) is 15.7. The van der Waals surface area contributed by atoms with Crippen molar-refractivity contribution in [3.8, 4) is 0 Å². The van der Waals surface area contributed by atoms with E-state index in [4.69, 9.17) is 0 Å². The maximum Gasteiger partial charge on any atom is 0.270 e. The van der Waals surface area contributed by atoms with E-state index in [-0.39, 0.29) is 17.1 Å². The molecule has 2 aromatic carbocycles. The Morgan fingerprint density at radius 1 is 1.12 bits per heavy atom. The standard InChI is InChI=1S/C17H20N2O4S2/c1-13-5-3-4-6-15(13)12-24-10-9-18-25(22,23)17-11-16(19(20)21)8-7-14(17)2/h3-8,11,18H,9-10,12H2,1-2H3. The maximum atomic E-state index is 12.4. The normalized spacial score (nSPS) is 11.4. The van der Waals surface area contributed by atoms with Gasteiger partial charge in [0.1, 0.15) is 0 Å². The Morgan fingerprint density at radius 2 is 1.84 bits per heavy atom. The summed E-state index contributed by atoms with van der Waals surface area (Å²) in [5, 5.41) is 10.8. The van der Waals surface area contributed by atoms with Crippen LogP contribution >= 0.6 is 11.8 Å². The fourth-order valence-electron chi connectivity index (χ4n) is 2.27. The maximum absolute atomic E-state index is 12.4. The fourth-order valence-corrected chi connectivity index (χ4v) is 4.63. The Kier molecular flexibility index (Phi) is 6.57. The number of rotatable bonds is 8. The third-order valence-corrected chi connectivity index (χ3v) is 6.34. The van der Waals surface area contributed by atoms with Crippen molar-refractivity contribution in [2.45, 2.75) is 24.5 Å². The second-order valence-corrected chi connectivity index (χ2v) is 8.42. The van der Waals surface area contributed by atoms with Crippen molar-refractivity contribution in [3.05, 3.63) is 69.3 Å². The molecule has 2 aromatic rings. The van der Waals surface area contributed by atoms with Gasteiger partial charge in [-0.1, -0.05) is 30.3 Å². The van der Waals surface area contributed by atoms with Crippen LogP contribution in [0.25, 0.3) is 0 Å². The first-order valence-corrected chi connectivity index (χ1v) is 10.3. The molecule has 134 valence electrons. The van der Waals surface area contributed by atoms with Crippen molar-refractivity contribution in [3.63, 3.8) is 0 Å². The van der Waals surface area contributed by atoms with Gasteiger partial charge in [0.15, 0.2) is 0 Å². The number of nitro benzene ring substituents is 1. The molecule has 0 aliphatic rings. The predicted molar refractivity (Wildman–Crippen MR) is 100 cm³/mol. The molecule has 0 aliphatic carbocycles. The van der Waals surface area contributed by atoms with Crippen LogP contribution in [0.1, 0.15) is 16.7 Å². The monoisotopic (exact) mass is 380 g/mol. The first-order chi connectivity index (χ1) is 11.8. The van der Waals surface area contributed by atoms with E-state index < -0.39 is 14.9 Å². The second kappa shape index (κ2) is 8.46. The summed E-state index contributed by atoms with van der Waals surface area (Å²) in [4.78, 5) is 10.2. The zero-order valence-electron chi connectivity index (χ0n) is 14.1. The fraction of sp³-hybridized carbons (Fsp3) is 0.294. The highest BCUT2D eigenvalue weighted by Gasteiger charge is 2.19. The van der Waals surface area contributed by atoms with Crippen LogP contribution in [0.4, 0.5) is 5.69 Å². The van der Waals surface area contributed by atoms with Crippen molar-refractivity contribution in [2.24, 2.45) is 0 Å². The molecule has 1 N–H and O–H groups in total. The number of nitro groups is 1. The van der Waals surface area contributed by atoms with Gasteiger partial charge in [-0.25, -0.2) is 13.1 Å². The van der Waals surface area contributed by atoms with E-state index in [1.807, 2.05) is 25.1 Å². The summed E-state index contributed by atoms with van der Waals surface area (Å²) in [6.07, 6.45) is 0. The molecule has 0 radical (unpaired) electrons. The molecule has 0 unspecified atom stereocenters. The van der Waals surface area contributed by atoms with Gasteiger partial charge in [-0.05, 0) is 30.5 Å². The molecule has 0 aromatic heterocycles. The number of sulfonamides is 1. The topological polar surface area (TPSA) is 89.3 Å². The first-order valence-electron chi connectivity index (χ1n) is 7.68. The summed E-state index contributed by atoms with van der Waals surface area (Å²) in [5.74, 6) is 1.42. The van der Waals surface area contributed by atoms with Crippen molar-refractivity contribution in [1.82, 2.24) is 4.72 Å². The van der Waals surface area contributed by atoms with E-state index in [2.05, 4.69) is 10.8 Å². The minimum Gasteiger partial charge on any atom is -0.258 e. The third-order valence-electron chi connectivity index (χ3n) is 3.73. The molecule has 0 atom stereocenters. The van der Waals surface area contributed by atoms with E-state index in [0.717, 1.165) is 11.8 Å². The minimum absolute atomic E-state index is 0.0504. The van der Waals surface area contributed by atoms with Crippen LogP contribution in [-0.4, -0.2) is 25.6 Å². The summed E-state index contributed by atoms with van der Waals surface area (Å²) >= 11 is 1.63. The molecular formula is C17H20N2O4S2. The quantitative estimate of drug-likeness (QED) is 0.430. The van der Waals surface area contributed by atoms with E-state index in [0.29, 0.717) is 11.3 Å². The van der Waals surface area contributed by atoms with Gasteiger partial charge in [0.25, 0.3) is 5.69 Å². The SMILES string of the molecule is Cc1ccccc1CSCCNS(=O)(=O)c1cc([N+](=O)[O-])ccc1C. The van der Waals surface area contributed by atoms with Crippen molar-refractivity contribution in [1.29, 1.82) is 0 Å². The third kappa shape index (κ3) is 5.29. The van der Waals surface area contributed by atoms with Crippen LogP contribution in [0.2, 0.25) is 0 Å². The molecule has 0 spiro atoms. The van der Waals surface area contributed by atoms with Crippen LogP contribution in [0.15, 0.2) is 47.4 Å². The highest BCUT2D eigenvalue weighted by molar-refractivity contribution is 7.98. The number of nitrogens with zero attached hydrogens (tertiary/aromatic N) is 1. The molecule has 8 heteroatoms. The molecule has 0 bridgehead atoms. The smallest absolute Gasteiger partial charge is 0.258 e. The Morgan fingerprint density at radius 3 is 2.52 bits per heavy atom. The lowest BCUT2D eigenvalue weighted by atomic mass is 10.1. The average molecular weight is 380 g/mol. The highest BCUT2D eigenvalue weighted by atomic mass is 32.2. The second-order valence-electron chi connectivity index (χ2n) is 5.58. The Labute approximate surface area is 151 Å². The van der Waals surface area contributed by atoms with Crippen molar-refractivity contribution in [2.75, 3.05) is 12.3 Å². The summed E-state index contributed by atoms with van der Waals surface area (Å²) < 4.78 is 27.3. The van der Waals surface area contributed by atoms with Crippen LogP contribution in [0.5, 0.6) is 0 Å². The number of thioether (sulfide) groups is 1. The molecule has 0 saturated heterocycles. The lowest BCUT2D eigenvalue weighted by Gasteiger charge is -2.09. The Hall–Kier alpha value is -1.90. The summed E-state index contributed by atoms with van der Waals surface area (Å²) in [7, 11) is -3.77. The van der Waals surface area contributed by atoms with Crippen molar-refractivity contribution < 1.29 is 13.3 Å². The van der Waals surface area contributed by atoms with Crippen LogP contribution < -0.4 is 4.72 Å². The molecule has 2 rings (SSSR count). The molecule has 0 amide bonds. The largest absolute Gasteiger partial charge is 0.270 e. The Bertz CT molecular complexity index is 867. The number of benzene rings is 2. The summed E-state index contributed by atoms with van der Waals surface area (Å²) in [5.41, 5.74) is 2.68. The van der Waals surface area contributed by atoms with Gasteiger partial charge in [-0.15, -0.1) is 0 Å². The predicted octanol–water partition coefficient (Wildman–Crippen LogP) is 3.42. The van der Waals surface area contributed by atoms with Crippen LogP contribution in [0, 0.1) is 24.0 Å². The zero-order chi connectivity index (χ0) is 18.4. The number of non-ortho nitro benzene ring substituents is 1. The number of hydrogen-bond acceptors (Lipinski definition) is 5. The van der Waals surface area contributed by atoms with E-state index in [1.165, 1.54) is 23.3 Å². The first kappa shape index (κ1) is 19.4. The molecule has 6 nitrogen and oxygen atoms in total. The van der Waals surface area contributed by atoms with Crippen LogP contribution in [0.3, 0.4) is 0 Å². The van der Waals surface area contributed by atoms with E-state index in [9.17, 15) is 18.5 Å². The van der Waals surface area contributed by atoms with Crippen LogP contribution in [-0.2, 0) is 15.8 Å². The summed E-state index contributed by atoms with van der Waals surface area (Å²) in [6.45, 7) is 3.93. The Balaban J connectivity index is 1.93. The summed E-state index contributed by atoms with van der Waals surface area (Å²) in [6, 6.07) is 11.9. The number of nitrogens with one attached hydrogen (secondary N) is 1. The lowest BCUT2D eigenvalue weighted by Crippen LogP contribution is -2.26. The van der Waals surface area contributed by atoms with Gasteiger partial charge in [-0.2, -0.15) is 11.8 Å². The van der Waals surface area contributed by atoms with Crippen molar-refractivity contribution >= 4 is 27.5 Å². The average Bonchev–Trinajstić information content (AvgIpc) is 2.56. The van der Waals surface area contributed by atoms with E-state index in [1.54, 1.807) is 18.7 Å². The molecule has 0 heterocycles. The molecule has 0 saturated carbocycles. The van der Waals surface area contributed by atoms with Gasteiger partial charge in [0.05, 0.1) is 9.82 Å². The number of hydrogen-bond donors (Lipinski definition) is 1. The lowest BCUT2D eigenvalue weighted by molar-refractivity contribution is -0.385. The molecular weight excluding hydrogens is 360 g/mol. The van der Waals surface area contributed by atoms with Gasteiger partial charge in [0, 0.05) is 30.2 Å². The van der Waals surface area contributed by atoms with Gasteiger partial charge < -0.3 is 0 Å². The minimum atomic E-state index is -3.77. The highest BCUT2D eigenvalue weighted by Crippen LogP contribution is 2.21.